The van der Waals surface area contributed by atoms with Crippen molar-refractivity contribution in [2.75, 3.05) is 6.61 Å². The molecule has 1 aromatic heterocycles. The molecule has 0 aliphatic heterocycles. The molecule has 18 heavy (non-hydrogen) atoms. The third-order valence-electron chi connectivity index (χ3n) is 3.33. The van der Waals surface area contributed by atoms with Crippen LogP contribution < -0.4 is 5.32 Å². The highest BCUT2D eigenvalue weighted by Crippen LogP contribution is 2.17. The van der Waals surface area contributed by atoms with Gasteiger partial charge in [-0.3, -0.25) is 4.79 Å². The summed E-state index contributed by atoms with van der Waals surface area (Å²) in [5.41, 5.74) is 1.48. The monoisotopic (exact) mass is 246 g/mol. The van der Waals surface area contributed by atoms with Gasteiger partial charge in [0, 0.05) is 24.2 Å². The second kappa shape index (κ2) is 5.23. The summed E-state index contributed by atoms with van der Waals surface area (Å²) < 4.78 is 0. The Morgan fingerprint density at radius 1 is 1.39 bits per heavy atom. The Bertz CT molecular complexity index is 547. The van der Waals surface area contributed by atoms with E-state index in [0.717, 1.165) is 10.9 Å². The van der Waals surface area contributed by atoms with Gasteiger partial charge in [0.1, 0.15) is 0 Å². The van der Waals surface area contributed by atoms with Crippen molar-refractivity contribution in [3.63, 3.8) is 0 Å². The maximum absolute atomic E-state index is 12.2. The number of H-pyrrole nitrogens is 1. The first-order valence-electron chi connectivity index (χ1n) is 6.11. The number of fused-ring (bicyclic) bond motifs is 1. The van der Waals surface area contributed by atoms with Gasteiger partial charge in [-0.2, -0.15) is 0 Å². The number of aliphatic hydroxyl groups excluding tert-OH is 1. The van der Waals surface area contributed by atoms with Crippen LogP contribution in [0.4, 0.5) is 0 Å². The minimum Gasteiger partial charge on any atom is -0.396 e. The van der Waals surface area contributed by atoms with Crippen molar-refractivity contribution in [1.29, 1.82) is 0 Å². The Morgan fingerprint density at radius 3 is 2.89 bits per heavy atom. The average molecular weight is 246 g/mol. The Morgan fingerprint density at radius 2 is 2.17 bits per heavy atom. The number of rotatable bonds is 4. The van der Waals surface area contributed by atoms with Crippen molar-refractivity contribution in [1.82, 2.24) is 10.3 Å². The second-order valence-electron chi connectivity index (χ2n) is 4.67. The number of amides is 1. The Labute approximate surface area is 106 Å². The average Bonchev–Trinajstić information content (AvgIpc) is 2.85. The fourth-order valence-electron chi connectivity index (χ4n) is 1.86. The number of carbonyl (C=O) groups excluding carboxylic acids is 1. The third-order valence-corrected chi connectivity index (χ3v) is 3.33. The Hall–Kier alpha value is -1.81. The Balaban J connectivity index is 2.21. The van der Waals surface area contributed by atoms with Crippen molar-refractivity contribution in [2.24, 2.45) is 5.92 Å². The van der Waals surface area contributed by atoms with Crippen molar-refractivity contribution >= 4 is 16.8 Å². The topological polar surface area (TPSA) is 65.1 Å². The molecule has 2 rings (SSSR count). The van der Waals surface area contributed by atoms with E-state index in [1.54, 1.807) is 6.07 Å². The van der Waals surface area contributed by atoms with Crippen LogP contribution in [0.15, 0.2) is 30.5 Å². The first-order valence-corrected chi connectivity index (χ1v) is 6.11. The summed E-state index contributed by atoms with van der Waals surface area (Å²) in [7, 11) is 0. The van der Waals surface area contributed by atoms with Gasteiger partial charge < -0.3 is 15.4 Å². The molecule has 1 amide bonds. The highest BCUT2D eigenvalue weighted by atomic mass is 16.3. The number of hydrogen-bond donors (Lipinski definition) is 3. The van der Waals surface area contributed by atoms with E-state index in [1.807, 2.05) is 38.2 Å². The number of hydrogen-bond acceptors (Lipinski definition) is 2. The molecule has 2 unspecified atom stereocenters. The van der Waals surface area contributed by atoms with Gasteiger partial charge in [0.05, 0.1) is 11.1 Å². The quantitative estimate of drug-likeness (QED) is 0.771. The van der Waals surface area contributed by atoms with Crippen LogP contribution in [0.3, 0.4) is 0 Å². The molecule has 0 saturated carbocycles. The number of nitrogens with one attached hydrogen (secondary N) is 2. The molecule has 3 N–H and O–H groups in total. The molecule has 4 nitrogen and oxygen atoms in total. The molecule has 0 spiro atoms. The number of aromatic amines is 1. The van der Waals surface area contributed by atoms with E-state index in [9.17, 15) is 4.79 Å². The lowest BCUT2D eigenvalue weighted by atomic mass is 10.0. The molecule has 0 bridgehead atoms. The summed E-state index contributed by atoms with van der Waals surface area (Å²) in [4.78, 5) is 15.2. The second-order valence-corrected chi connectivity index (χ2v) is 4.67. The zero-order valence-corrected chi connectivity index (χ0v) is 10.6. The summed E-state index contributed by atoms with van der Waals surface area (Å²) >= 11 is 0. The van der Waals surface area contributed by atoms with Gasteiger partial charge in [-0.25, -0.2) is 0 Å². The predicted molar refractivity (Wildman–Crippen MR) is 71.5 cm³/mol. The number of aromatic nitrogens is 1. The van der Waals surface area contributed by atoms with E-state index in [2.05, 4.69) is 10.3 Å². The molecule has 1 heterocycles. The summed E-state index contributed by atoms with van der Waals surface area (Å²) in [6.45, 7) is 3.86. The number of carbonyl (C=O) groups is 1. The van der Waals surface area contributed by atoms with Gasteiger partial charge in [0.15, 0.2) is 0 Å². The molecule has 4 heteroatoms. The summed E-state index contributed by atoms with van der Waals surface area (Å²) in [6.07, 6.45) is 1.82. The van der Waals surface area contributed by atoms with E-state index in [0.29, 0.717) is 5.56 Å². The maximum atomic E-state index is 12.2. The molecule has 0 radical (unpaired) electrons. The van der Waals surface area contributed by atoms with Crippen molar-refractivity contribution in [2.45, 2.75) is 19.9 Å². The van der Waals surface area contributed by atoms with Crippen LogP contribution in [-0.4, -0.2) is 28.6 Å². The maximum Gasteiger partial charge on any atom is 0.253 e. The van der Waals surface area contributed by atoms with Crippen LogP contribution in [0.1, 0.15) is 24.2 Å². The van der Waals surface area contributed by atoms with Gasteiger partial charge >= 0.3 is 0 Å². The largest absolute Gasteiger partial charge is 0.396 e. The highest BCUT2D eigenvalue weighted by molar-refractivity contribution is 6.05. The van der Waals surface area contributed by atoms with E-state index in [4.69, 9.17) is 5.11 Å². The van der Waals surface area contributed by atoms with Crippen LogP contribution in [0.25, 0.3) is 10.9 Å². The number of benzene rings is 1. The molecule has 0 aliphatic carbocycles. The third kappa shape index (κ3) is 2.38. The molecule has 96 valence electrons. The molecule has 0 aliphatic rings. The van der Waals surface area contributed by atoms with Crippen molar-refractivity contribution in [3.05, 3.63) is 36.0 Å². The SMILES string of the molecule is CC(CO)C(C)NC(=O)c1cccc2cc[nH]c12. The van der Waals surface area contributed by atoms with Crippen LogP contribution >= 0.6 is 0 Å². The van der Waals surface area contributed by atoms with Gasteiger partial charge in [-0.1, -0.05) is 19.1 Å². The number of aliphatic hydroxyl groups is 1. The molecule has 2 aromatic rings. The van der Waals surface area contributed by atoms with Crippen molar-refractivity contribution < 1.29 is 9.90 Å². The van der Waals surface area contributed by atoms with Crippen LogP contribution in [0.2, 0.25) is 0 Å². The number of para-hydroxylation sites is 1. The minimum atomic E-state index is -0.115. The molecule has 1 aromatic carbocycles. The molecular formula is C14H18N2O2. The van der Waals surface area contributed by atoms with Gasteiger partial charge in [0.2, 0.25) is 0 Å². The molecule has 2 atom stereocenters. The molecule has 0 fully saturated rings. The Kier molecular flexibility index (Phi) is 3.67. The van der Waals surface area contributed by atoms with E-state index >= 15 is 0 Å². The normalized spacial score (nSPS) is 14.4. The summed E-state index contributed by atoms with van der Waals surface area (Å²) in [5.74, 6) is -0.0763. The van der Waals surface area contributed by atoms with E-state index in [-0.39, 0.29) is 24.5 Å². The van der Waals surface area contributed by atoms with Gasteiger partial charge in [-0.15, -0.1) is 0 Å². The zero-order valence-electron chi connectivity index (χ0n) is 10.6. The standard InChI is InChI=1S/C14H18N2O2/c1-9(8-17)10(2)16-14(18)12-5-3-4-11-6-7-15-13(11)12/h3-7,9-10,15,17H,8H2,1-2H3,(H,16,18). The van der Waals surface area contributed by atoms with Crippen LogP contribution in [0.5, 0.6) is 0 Å². The first kappa shape index (κ1) is 12.6. The highest BCUT2D eigenvalue weighted by Gasteiger charge is 2.16. The lowest BCUT2D eigenvalue weighted by molar-refractivity contribution is 0.0918. The molecular weight excluding hydrogens is 228 g/mol. The summed E-state index contributed by atoms with van der Waals surface area (Å²) in [6, 6.07) is 7.50. The zero-order chi connectivity index (χ0) is 13.1. The molecule has 0 saturated heterocycles. The lowest BCUT2D eigenvalue weighted by Gasteiger charge is -2.19. The van der Waals surface area contributed by atoms with Gasteiger partial charge in [-0.05, 0) is 25.0 Å². The van der Waals surface area contributed by atoms with Gasteiger partial charge in [0.25, 0.3) is 5.91 Å². The fourth-order valence-corrected chi connectivity index (χ4v) is 1.86. The summed E-state index contributed by atoms with van der Waals surface area (Å²) in [5, 5.41) is 13.0. The van der Waals surface area contributed by atoms with Crippen LogP contribution in [0, 0.1) is 5.92 Å². The smallest absolute Gasteiger partial charge is 0.253 e. The minimum absolute atomic E-state index is 0.0387. The predicted octanol–water partition coefficient (Wildman–Crippen LogP) is 1.91. The van der Waals surface area contributed by atoms with E-state index < -0.39 is 0 Å². The first-order chi connectivity index (χ1) is 8.63. The lowest BCUT2D eigenvalue weighted by Crippen LogP contribution is -2.38. The fraction of sp³-hybridized carbons (Fsp3) is 0.357. The van der Waals surface area contributed by atoms with E-state index in [1.165, 1.54) is 0 Å². The van der Waals surface area contributed by atoms with Crippen molar-refractivity contribution in [3.8, 4) is 0 Å². The van der Waals surface area contributed by atoms with Crippen LogP contribution in [-0.2, 0) is 0 Å².